The van der Waals surface area contributed by atoms with Crippen molar-refractivity contribution in [3.05, 3.63) is 23.8 Å². The molecule has 2 heterocycles. The van der Waals surface area contributed by atoms with Crippen LogP contribution in [0, 0.1) is 0 Å². The molecular formula is C11H12N4O2. The average molecular weight is 232 g/mol. The summed E-state index contributed by atoms with van der Waals surface area (Å²) in [6, 6.07) is 1.62. The fourth-order valence-electron chi connectivity index (χ4n) is 2.46. The van der Waals surface area contributed by atoms with Crippen LogP contribution in [-0.4, -0.2) is 30.7 Å². The van der Waals surface area contributed by atoms with Crippen LogP contribution in [-0.2, 0) is 0 Å². The van der Waals surface area contributed by atoms with Gasteiger partial charge in [0.1, 0.15) is 6.33 Å². The van der Waals surface area contributed by atoms with E-state index in [-0.39, 0.29) is 5.69 Å². The SMILES string of the molecule is O=C(O)c1cc(C2CCCC2)n2ncnc2n1. The maximum atomic E-state index is 11.0. The van der Waals surface area contributed by atoms with E-state index in [2.05, 4.69) is 15.1 Å². The van der Waals surface area contributed by atoms with Crippen LogP contribution in [0.3, 0.4) is 0 Å². The molecule has 0 radical (unpaired) electrons. The van der Waals surface area contributed by atoms with E-state index < -0.39 is 5.97 Å². The Hall–Kier alpha value is -1.98. The summed E-state index contributed by atoms with van der Waals surface area (Å²) in [4.78, 5) is 18.9. The van der Waals surface area contributed by atoms with Gasteiger partial charge in [0.25, 0.3) is 5.78 Å². The molecule has 0 spiro atoms. The lowest BCUT2D eigenvalue weighted by Gasteiger charge is -2.11. The maximum absolute atomic E-state index is 11.0. The second kappa shape index (κ2) is 3.80. The Morgan fingerprint density at radius 2 is 2.18 bits per heavy atom. The Bertz CT molecular complexity index is 572. The van der Waals surface area contributed by atoms with Crippen molar-refractivity contribution >= 4 is 11.7 Å². The van der Waals surface area contributed by atoms with Gasteiger partial charge in [-0.25, -0.2) is 14.3 Å². The van der Waals surface area contributed by atoms with E-state index >= 15 is 0 Å². The lowest BCUT2D eigenvalue weighted by atomic mass is 10.0. The molecular weight excluding hydrogens is 220 g/mol. The summed E-state index contributed by atoms with van der Waals surface area (Å²) in [6.07, 6.45) is 5.94. The number of hydrogen-bond donors (Lipinski definition) is 1. The monoisotopic (exact) mass is 232 g/mol. The predicted octanol–water partition coefficient (Wildman–Crippen LogP) is 1.48. The van der Waals surface area contributed by atoms with Crippen LogP contribution in [0.4, 0.5) is 0 Å². The number of aromatic carboxylic acids is 1. The third-order valence-electron chi connectivity index (χ3n) is 3.27. The van der Waals surface area contributed by atoms with Crippen molar-refractivity contribution in [1.29, 1.82) is 0 Å². The fraction of sp³-hybridized carbons (Fsp3) is 0.455. The first-order chi connectivity index (χ1) is 8.25. The zero-order valence-corrected chi connectivity index (χ0v) is 9.20. The van der Waals surface area contributed by atoms with Gasteiger partial charge in [-0.15, -0.1) is 0 Å². The van der Waals surface area contributed by atoms with Crippen molar-refractivity contribution in [3.63, 3.8) is 0 Å². The molecule has 1 aliphatic carbocycles. The number of hydrogen-bond acceptors (Lipinski definition) is 4. The fourth-order valence-corrected chi connectivity index (χ4v) is 2.46. The Balaban J connectivity index is 2.19. The normalized spacial score (nSPS) is 16.7. The number of carboxylic acids is 1. The molecule has 1 N–H and O–H groups in total. The van der Waals surface area contributed by atoms with Gasteiger partial charge in [-0.1, -0.05) is 12.8 Å². The first-order valence-corrected chi connectivity index (χ1v) is 5.69. The van der Waals surface area contributed by atoms with Crippen LogP contribution in [0.1, 0.15) is 47.8 Å². The molecule has 1 saturated carbocycles. The molecule has 2 aromatic rings. The summed E-state index contributed by atoms with van der Waals surface area (Å²) in [5, 5.41) is 13.1. The third kappa shape index (κ3) is 1.65. The molecule has 0 saturated heterocycles. The standard InChI is InChI=1S/C11H12N4O2/c16-10(17)8-5-9(7-3-1-2-4-7)15-11(14-8)12-6-13-15/h5-7H,1-4H2,(H,16,17). The average Bonchev–Trinajstić information content (AvgIpc) is 2.98. The number of fused-ring (bicyclic) bond motifs is 1. The number of nitrogens with zero attached hydrogens (tertiary/aromatic N) is 4. The van der Waals surface area contributed by atoms with Crippen LogP contribution >= 0.6 is 0 Å². The molecule has 0 atom stereocenters. The topological polar surface area (TPSA) is 80.4 Å². The van der Waals surface area contributed by atoms with Gasteiger partial charge in [-0.3, -0.25) is 0 Å². The maximum Gasteiger partial charge on any atom is 0.354 e. The predicted molar refractivity (Wildman–Crippen MR) is 59.0 cm³/mol. The minimum absolute atomic E-state index is 0.0485. The number of rotatable bonds is 2. The van der Waals surface area contributed by atoms with Crippen molar-refractivity contribution in [2.75, 3.05) is 0 Å². The third-order valence-corrected chi connectivity index (χ3v) is 3.27. The largest absolute Gasteiger partial charge is 0.477 e. The Labute approximate surface area is 97.3 Å². The van der Waals surface area contributed by atoms with Crippen LogP contribution < -0.4 is 0 Å². The highest BCUT2D eigenvalue weighted by atomic mass is 16.4. The number of carbonyl (C=O) groups is 1. The lowest BCUT2D eigenvalue weighted by Crippen LogP contribution is -2.10. The van der Waals surface area contributed by atoms with E-state index in [1.54, 1.807) is 10.6 Å². The van der Waals surface area contributed by atoms with E-state index in [0.717, 1.165) is 18.5 Å². The van der Waals surface area contributed by atoms with Crippen molar-refractivity contribution in [2.45, 2.75) is 31.6 Å². The van der Waals surface area contributed by atoms with Gasteiger partial charge < -0.3 is 5.11 Å². The van der Waals surface area contributed by atoms with E-state index in [1.165, 1.54) is 19.2 Å². The smallest absolute Gasteiger partial charge is 0.354 e. The summed E-state index contributed by atoms with van der Waals surface area (Å²) in [7, 11) is 0. The molecule has 0 aromatic carbocycles. The van der Waals surface area contributed by atoms with Crippen LogP contribution in [0.15, 0.2) is 12.4 Å². The van der Waals surface area contributed by atoms with Crippen molar-refractivity contribution in [3.8, 4) is 0 Å². The first-order valence-electron chi connectivity index (χ1n) is 5.69. The van der Waals surface area contributed by atoms with E-state index in [1.807, 2.05) is 0 Å². The number of aromatic nitrogens is 4. The highest BCUT2D eigenvalue weighted by molar-refractivity contribution is 5.85. The van der Waals surface area contributed by atoms with E-state index in [0.29, 0.717) is 11.7 Å². The molecule has 88 valence electrons. The highest BCUT2D eigenvalue weighted by Gasteiger charge is 2.22. The summed E-state index contributed by atoms with van der Waals surface area (Å²) < 4.78 is 1.66. The molecule has 6 heteroatoms. The quantitative estimate of drug-likeness (QED) is 0.848. The molecule has 2 aromatic heterocycles. The minimum atomic E-state index is -1.02. The molecule has 1 fully saturated rings. The second-order valence-electron chi connectivity index (χ2n) is 4.32. The molecule has 0 amide bonds. The zero-order valence-electron chi connectivity index (χ0n) is 9.20. The van der Waals surface area contributed by atoms with Gasteiger partial charge in [0.05, 0.1) is 5.69 Å². The summed E-state index contributed by atoms with van der Waals surface area (Å²) in [5.41, 5.74) is 0.967. The van der Waals surface area contributed by atoms with Gasteiger partial charge in [-0.05, 0) is 18.9 Å². The molecule has 0 aliphatic heterocycles. The summed E-state index contributed by atoms with van der Waals surface area (Å²) in [6.45, 7) is 0. The Morgan fingerprint density at radius 1 is 1.41 bits per heavy atom. The molecule has 17 heavy (non-hydrogen) atoms. The molecule has 1 aliphatic rings. The molecule has 0 unspecified atom stereocenters. The second-order valence-corrected chi connectivity index (χ2v) is 4.32. The van der Waals surface area contributed by atoms with Crippen LogP contribution in [0.2, 0.25) is 0 Å². The summed E-state index contributed by atoms with van der Waals surface area (Å²) >= 11 is 0. The molecule has 3 rings (SSSR count). The molecule has 6 nitrogen and oxygen atoms in total. The van der Waals surface area contributed by atoms with Gasteiger partial charge >= 0.3 is 5.97 Å². The lowest BCUT2D eigenvalue weighted by molar-refractivity contribution is 0.0690. The van der Waals surface area contributed by atoms with Crippen molar-refractivity contribution < 1.29 is 9.90 Å². The van der Waals surface area contributed by atoms with Gasteiger partial charge in [0, 0.05) is 5.92 Å². The first kappa shape index (κ1) is 10.2. The molecule has 0 bridgehead atoms. The minimum Gasteiger partial charge on any atom is -0.477 e. The zero-order chi connectivity index (χ0) is 11.8. The van der Waals surface area contributed by atoms with Crippen LogP contribution in [0.5, 0.6) is 0 Å². The van der Waals surface area contributed by atoms with Gasteiger partial charge in [0.2, 0.25) is 0 Å². The summed E-state index contributed by atoms with van der Waals surface area (Å²) in [5.74, 6) is -0.276. The van der Waals surface area contributed by atoms with E-state index in [9.17, 15) is 4.79 Å². The van der Waals surface area contributed by atoms with Gasteiger partial charge in [0.15, 0.2) is 5.69 Å². The van der Waals surface area contributed by atoms with E-state index in [4.69, 9.17) is 5.11 Å². The Kier molecular flexibility index (Phi) is 2.28. The van der Waals surface area contributed by atoms with Crippen molar-refractivity contribution in [1.82, 2.24) is 19.6 Å². The van der Waals surface area contributed by atoms with Crippen LogP contribution in [0.25, 0.3) is 5.78 Å². The number of carboxylic acid groups (broad SMARTS) is 1. The highest BCUT2D eigenvalue weighted by Crippen LogP contribution is 2.33. The Morgan fingerprint density at radius 3 is 2.88 bits per heavy atom. The van der Waals surface area contributed by atoms with Crippen molar-refractivity contribution in [2.24, 2.45) is 0 Å². The van der Waals surface area contributed by atoms with Gasteiger partial charge in [-0.2, -0.15) is 10.1 Å².